The highest BCUT2D eigenvalue weighted by atomic mass is 32.2. The molecule has 2 aromatic heterocycles. The molecule has 6 nitrogen and oxygen atoms in total. The smallest absolute Gasteiger partial charge is 0.236 e. The van der Waals surface area contributed by atoms with Gasteiger partial charge in [0, 0.05) is 5.56 Å². The molecule has 0 saturated carbocycles. The van der Waals surface area contributed by atoms with Gasteiger partial charge in [-0.05, 0) is 36.6 Å². The zero-order chi connectivity index (χ0) is 19.5. The molecule has 28 heavy (non-hydrogen) atoms. The van der Waals surface area contributed by atoms with E-state index in [1.807, 2.05) is 31.2 Å². The molecule has 4 rings (SSSR count). The number of hydrogen-bond donors (Lipinski definition) is 2. The van der Waals surface area contributed by atoms with Crippen LogP contribution in [0.2, 0.25) is 0 Å². The van der Waals surface area contributed by atoms with E-state index in [1.165, 1.54) is 34.2 Å². The second-order valence-corrected chi connectivity index (χ2v) is 8.32. The van der Waals surface area contributed by atoms with Crippen LogP contribution in [-0.2, 0) is 11.2 Å². The average molecular weight is 410 g/mol. The molecule has 0 aliphatic rings. The Balaban J connectivity index is 1.36. The second-order valence-electron chi connectivity index (χ2n) is 6.34. The molecule has 2 aromatic carbocycles. The van der Waals surface area contributed by atoms with E-state index in [0.29, 0.717) is 16.1 Å². The number of carbonyl (C=O) groups excluding carboxylic acids is 1. The number of nitrogens with zero attached hydrogens (tertiary/aromatic N) is 3. The van der Waals surface area contributed by atoms with Gasteiger partial charge in [-0.15, -0.1) is 5.10 Å². The number of rotatable bonds is 6. The molecule has 0 aliphatic carbocycles. The Hall–Kier alpha value is -2.71. The van der Waals surface area contributed by atoms with Gasteiger partial charge >= 0.3 is 0 Å². The lowest BCUT2D eigenvalue weighted by atomic mass is 10.1. The van der Waals surface area contributed by atoms with Crippen molar-refractivity contribution in [3.8, 4) is 11.4 Å². The zero-order valence-electron chi connectivity index (χ0n) is 15.5. The summed E-state index contributed by atoms with van der Waals surface area (Å²) in [7, 11) is 0. The lowest BCUT2D eigenvalue weighted by Gasteiger charge is -1.99. The third-order valence-electron chi connectivity index (χ3n) is 4.22. The third kappa shape index (κ3) is 4.23. The van der Waals surface area contributed by atoms with Gasteiger partial charge in [0.15, 0.2) is 11.0 Å². The van der Waals surface area contributed by atoms with Crippen molar-refractivity contribution in [2.24, 2.45) is 0 Å². The van der Waals surface area contributed by atoms with Crippen molar-refractivity contribution < 1.29 is 4.79 Å². The third-order valence-corrected chi connectivity index (χ3v) is 6.00. The van der Waals surface area contributed by atoms with Crippen LogP contribution < -0.4 is 5.32 Å². The summed E-state index contributed by atoms with van der Waals surface area (Å²) >= 11 is 2.77. The topological polar surface area (TPSA) is 83.6 Å². The fourth-order valence-electron chi connectivity index (χ4n) is 2.71. The number of anilines is 1. The van der Waals surface area contributed by atoms with E-state index in [9.17, 15) is 4.79 Å². The number of fused-ring (bicyclic) bond motifs is 1. The molecule has 8 heteroatoms. The summed E-state index contributed by atoms with van der Waals surface area (Å²) in [4.78, 5) is 21.2. The normalized spacial score (nSPS) is 11.1. The van der Waals surface area contributed by atoms with Crippen molar-refractivity contribution in [2.75, 3.05) is 11.1 Å². The molecule has 2 N–H and O–H groups in total. The number of aromatic amines is 1. The number of carbonyl (C=O) groups is 1. The number of amides is 1. The fourth-order valence-corrected chi connectivity index (χ4v) is 4.29. The van der Waals surface area contributed by atoms with Gasteiger partial charge in [-0.2, -0.15) is 0 Å². The van der Waals surface area contributed by atoms with Crippen LogP contribution in [-0.4, -0.2) is 31.8 Å². The maximum Gasteiger partial charge on any atom is 0.236 e. The van der Waals surface area contributed by atoms with Crippen molar-refractivity contribution in [3.05, 3.63) is 53.6 Å². The van der Waals surface area contributed by atoms with Crippen molar-refractivity contribution >= 4 is 44.4 Å². The van der Waals surface area contributed by atoms with Crippen LogP contribution in [0.5, 0.6) is 0 Å². The molecule has 0 atom stereocenters. The summed E-state index contributed by atoms with van der Waals surface area (Å²) < 4.78 is 1.07. The van der Waals surface area contributed by atoms with Gasteiger partial charge in [0.1, 0.15) is 0 Å². The number of aryl methyl sites for hydroxylation is 2. The van der Waals surface area contributed by atoms with Crippen molar-refractivity contribution in [1.82, 2.24) is 20.2 Å². The van der Waals surface area contributed by atoms with Crippen LogP contribution in [0, 0.1) is 6.92 Å². The van der Waals surface area contributed by atoms with Crippen LogP contribution in [0.4, 0.5) is 5.13 Å². The van der Waals surface area contributed by atoms with E-state index in [4.69, 9.17) is 0 Å². The minimum atomic E-state index is -0.126. The summed E-state index contributed by atoms with van der Waals surface area (Å²) in [6.07, 6.45) is 1.00. The predicted octanol–water partition coefficient (Wildman–Crippen LogP) is 4.68. The summed E-state index contributed by atoms with van der Waals surface area (Å²) in [6, 6.07) is 14.3. The molecule has 2 heterocycles. The molecule has 0 bridgehead atoms. The second kappa shape index (κ2) is 8.12. The largest absolute Gasteiger partial charge is 0.301 e. The summed E-state index contributed by atoms with van der Waals surface area (Å²) in [5.41, 5.74) is 4.32. The summed E-state index contributed by atoms with van der Waals surface area (Å²) in [5.74, 6) is 0.799. The molecule has 0 fully saturated rings. The Labute approximate surface area is 170 Å². The van der Waals surface area contributed by atoms with Crippen LogP contribution in [0.15, 0.2) is 47.6 Å². The monoisotopic (exact) mass is 409 g/mol. The Morgan fingerprint density at radius 1 is 1.18 bits per heavy atom. The molecule has 142 valence electrons. The molecular formula is C20H19N5OS2. The van der Waals surface area contributed by atoms with Gasteiger partial charge < -0.3 is 5.32 Å². The average Bonchev–Trinajstić information content (AvgIpc) is 3.32. The predicted molar refractivity (Wildman–Crippen MR) is 115 cm³/mol. The molecule has 0 aliphatic heterocycles. The van der Waals surface area contributed by atoms with Gasteiger partial charge in [0.05, 0.1) is 16.0 Å². The first-order valence-corrected chi connectivity index (χ1v) is 10.7. The van der Waals surface area contributed by atoms with Crippen LogP contribution in [0.25, 0.3) is 21.6 Å². The first-order chi connectivity index (χ1) is 13.6. The van der Waals surface area contributed by atoms with Crippen LogP contribution in [0.3, 0.4) is 0 Å². The maximum atomic E-state index is 12.2. The standard InChI is InChI=1S/C20H19N5OS2/c1-3-13-5-7-14(8-6-13)18-23-20(25-24-18)27-11-17(26)22-19-21-15-9-4-12(2)10-16(15)28-19/h4-10H,3,11H2,1-2H3,(H,21,22,26)(H,23,24,25). The van der Waals surface area contributed by atoms with Gasteiger partial charge in [0.25, 0.3) is 0 Å². The zero-order valence-corrected chi connectivity index (χ0v) is 17.2. The number of nitrogens with one attached hydrogen (secondary N) is 2. The van der Waals surface area contributed by atoms with Gasteiger partial charge in [0.2, 0.25) is 11.1 Å². The SMILES string of the molecule is CCc1ccc(-c2nc(SCC(=O)Nc3nc4ccc(C)cc4s3)n[nH]2)cc1. The highest BCUT2D eigenvalue weighted by Crippen LogP contribution is 2.27. The number of thioether (sulfide) groups is 1. The first kappa shape index (κ1) is 18.6. The lowest BCUT2D eigenvalue weighted by Crippen LogP contribution is -2.13. The molecule has 4 aromatic rings. The molecule has 0 saturated heterocycles. The van der Waals surface area contributed by atoms with E-state index in [1.54, 1.807) is 0 Å². The summed E-state index contributed by atoms with van der Waals surface area (Å²) in [5, 5.41) is 11.1. The quantitative estimate of drug-likeness (QED) is 0.452. The Kier molecular flexibility index (Phi) is 5.40. The Morgan fingerprint density at radius 2 is 2.00 bits per heavy atom. The van der Waals surface area contributed by atoms with E-state index in [-0.39, 0.29) is 11.7 Å². The van der Waals surface area contributed by atoms with E-state index in [2.05, 4.69) is 50.6 Å². The van der Waals surface area contributed by atoms with Gasteiger partial charge in [-0.25, -0.2) is 9.97 Å². The van der Waals surface area contributed by atoms with Crippen molar-refractivity contribution in [1.29, 1.82) is 0 Å². The van der Waals surface area contributed by atoms with Crippen LogP contribution >= 0.6 is 23.1 Å². The summed E-state index contributed by atoms with van der Waals surface area (Å²) in [6.45, 7) is 4.16. The Bertz CT molecular complexity index is 1120. The number of benzene rings is 2. The van der Waals surface area contributed by atoms with Gasteiger partial charge in [-0.1, -0.05) is 60.4 Å². The number of thiazole rings is 1. The highest BCUT2D eigenvalue weighted by Gasteiger charge is 2.11. The van der Waals surface area contributed by atoms with E-state index < -0.39 is 0 Å². The van der Waals surface area contributed by atoms with Crippen LogP contribution in [0.1, 0.15) is 18.1 Å². The lowest BCUT2D eigenvalue weighted by molar-refractivity contribution is -0.113. The maximum absolute atomic E-state index is 12.2. The van der Waals surface area contributed by atoms with Crippen molar-refractivity contribution in [3.63, 3.8) is 0 Å². The number of H-pyrrole nitrogens is 1. The molecule has 0 unspecified atom stereocenters. The first-order valence-electron chi connectivity index (χ1n) is 8.92. The highest BCUT2D eigenvalue weighted by molar-refractivity contribution is 7.99. The number of hydrogen-bond acceptors (Lipinski definition) is 6. The Morgan fingerprint density at radius 3 is 2.79 bits per heavy atom. The molecular weight excluding hydrogens is 390 g/mol. The fraction of sp³-hybridized carbons (Fsp3) is 0.200. The molecule has 0 spiro atoms. The molecule has 0 radical (unpaired) electrons. The van der Waals surface area contributed by atoms with Gasteiger partial charge in [-0.3, -0.25) is 9.89 Å². The molecule has 1 amide bonds. The number of aromatic nitrogens is 4. The van der Waals surface area contributed by atoms with E-state index >= 15 is 0 Å². The minimum Gasteiger partial charge on any atom is -0.301 e. The van der Waals surface area contributed by atoms with E-state index in [0.717, 1.165) is 22.2 Å². The van der Waals surface area contributed by atoms with Crippen molar-refractivity contribution in [2.45, 2.75) is 25.4 Å². The minimum absolute atomic E-state index is 0.126.